The molecule has 0 aliphatic carbocycles. The van der Waals surface area contributed by atoms with Crippen LogP contribution in [-0.2, 0) is 16.0 Å². The van der Waals surface area contributed by atoms with Gasteiger partial charge in [0.1, 0.15) is 11.7 Å². The smallest absolute Gasteiger partial charge is 0.327 e. The quantitative estimate of drug-likeness (QED) is 0.690. The summed E-state index contributed by atoms with van der Waals surface area (Å²) in [4.78, 5) is 37.8. The number of aliphatic carboxylic acids is 1. The van der Waals surface area contributed by atoms with E-state index in [1.807, 2.05) is 30.3 Å². The third-order valence-electron chi connectivity index (χ3n) is 4.74. The number of fused-ring (bicyclic) bond motifs is 1. The monoisotopic (exact) mass is 392 g/mol. The van der Waals surface area contributed by atoms with E-state index in [0.717, 1.165) is 5.56 Å². The van der Waals surface area contributed by atoms with Gasteiger partial charge in [0.25, 0.3) is 5.56 Å². The van der Waals surface area contributed by atoms with E-state index in [1.165, 1.54) is 4.57 Å². The topological polar surface area (TPSA) is 88.4 Å². The highest BCUT2D eigenvalue weighted by Crippen LogP contribution is 2.32. The number of pyridine rings is 1. The van der Waals surface area contributed by atoms with Gasteiger partial charge >= 0.3 is 5.97 Å². The molecule has 0 radical (unpaired) electrons. The molecule has 3 rings (SSSR count). The molecule has 0 saturated heterocycles. The summed E-state index contributed by atoms with van der Waals surface area (Å²) in [5, 5.41) is 13.2. The summed E-state index contributed by atoms with van der Waals surface area (Å²) >= 11 is 0. The average molecular weight is 392 g/mol. The highest BCUT2D eigenvalue weighted by molar-refractivity contribution is 5.94. The third kappa shape index (κ3) is 4.37. The van der Waals surface area contributed by atoms with Crippen LogP contribution in [0, 0.1) is 5.41 Å². The molecular formula is C23H24N2O4. The van der Waals surface area contributed by atoms with Gasteiger partial charge in [0, 0.05) is 5.39 Å². The minimum Gasteiger partial charge on any atom is -0.480 e. The molecule has 0 aliphatic heterocycles. The maximum atomic E-state index is 13.2. The number of carbonyl (C=O) groups excluding carboxylic acids is 1. The highest BCUT2D eigenvalue weighted by Gasteiger charge is 2.35. The zero-order chi connectivity index (χ0) is 21.2. The number of benzene rings is 2. The van der Waals surface area contributed by atoms with Crippen LogP contribution in [0.1, 0.15) is 32.4 Å². The number of para-hydroxylation sites is 1. The molecule has 6 nitrogen and oxygen atoms in total. The number of carbonyl (C=O) groups is 2. The summed E-state index contributed by atoms with van der Waals surface area (Å²) in [5.74, 6) is -1.43. The van der Waals surface area contributed by atoms with Gasteiger partial charge in [-0.15, -0.1) is 0 Å². The van der Waals surface area contributed by atoms with E-state index in [4.69, 9.17) is 0 Å². The Labute approximate surface area is 168 Å². The minimum absolute atomic E-state index is 0.0696. The first kappa shape index (κ1) is 20.3. The number of carboxylic acid groups (broad SMARTS) is 1. The molecule has 1 aromatic heterocycles. The van der Waals surface area contributed by atoms with Gasteiger partial charge in [0.15, 0.2) is 0 Å². The van der Waals surface area contributed by atoms with Gasteiger partial charge < -0.3 is 10.4 Å². The molecule has 2 N–H and O–H groups in total. The molecule has 1 atom stereocenters. The number of aromatic nitrogens is 1. The molecule has 150 valence electrons. The van der Waals surface area contributed by atoms with Crippen LogP contribution in [0.5, 0.6) is 0 Å². The second-order valence-electron chi connectivity index (χ2n) is 8.11. The summed E-state index contributed by atoms with van der Waals surface area (Å²) in [5.41, 5.74) is 0.156. The van der Waals surface area contributed by atoms with E-state index in [2.05, 4.69) is 5.32 Å². The first-order valence-electron chi connectivity index (χ1n) is 9.39. The van der Waals surface area contributed by atoms with Crippen LogP contribution in [0.25, 0.3) is 10.9 Å². The fourth-order valence-corrected chi connectivity index (χ4v) is 3.48. The van der Waals surface area contributed by atoms with Crippen molar-refractivity contribution in [3.05, 3.63) is 76.6 Å². The van der Waals surface area contributed by atoms with Gasteiger partial charge in [0.2, 0.25) is 5.91 Å². The summed E-state index contributed by atoms with van der Waals surface area (Å²) in [6, 6.07) is 16.8. The molecule has 6 heteroatoms. The zero-order valence-electron chi connectivity index (χ0n) is 16.7. The molecule has 0 saturated carbocycles. The normalized spacial score (nSPS) is 12.5. The number of nitrogens with one attached hydrogen (secondary N) is 1. The van der Waals surface area contributed by atoms with E-state index in [0.29, 0.717) is 10.9 Å². The predicted octanol–water partition coefficient (Wildman–Crippen LogP) is 3.85. The fourth-order valence-electron chi connectivity index (χ4n) is 3.48. The van der Waals surface area contributed by atoms with Gasteiger partial charge in [-0.3, -0.25) is 14.2 Å². The predicted molar refractivity (Wildman–Crippen MR) is 113 cm³/mol. The van der Waals surface area contributed by atoms with E-state index in [9.17, 15) is 19.5 Å². The molecule has 0 spiro atoms. The zero-order valence-corrected chi connectivity index (χ0v) is 16.7. The van der Waals surface area contributed by atoms with E-state index in [-0.39, 0.29) is 18.0 Å². The molecule has 2 aromatic carbocycles. The van der Waals surface area contributed by atoms with Crippen LogP contribution in [-0.4, -0.2) is 21.6 Å². The van der Waals surface area contributed by atoms with Crippen molar-refractivity contribution in [2.75, 3.05) is 5.32 Å². The van der Waals surface area contributed by atoms with Crippen LogP contribution < -0.4 is 10.9 Å². The number of carboxylic acids is 1. The number of hydrogen-bond donors (Lipinski definition) is 2. The number of rotatable bonds is 5. The first-order valence-corrected chi connectivity index (χ1v) is 9.39. The van der Waals surface area contributed by atoms with E-state index < -0.39 is 23.0 Å². The number of hydrogen-bond acceptors (Lipinski definition) is 3. The van der Waals surface area contributed by atoms with Crippen molar-refractivity contribution in [2.24, 2.45) is 5.41 Å². The summed E-state index contributed by atoms with van der Waals surface area (Å²) in [6.07, 6.45) is 0.120. The van der Waals surface area contributed by atoms with Crippen molar-refractivity contribution in [2.45, 2.75) is 33.2 Å². The summed E-state index contributed by atoms with van der Waals surface area (Å²) in [7, 11) is 0. The highest BCUT2D eigenvalue weighted by atomic mass is 16.4. The second kappa shape index (κ2) is 7.91. The standard InChI is InChI=1S/C23H24N2O4/c1-23(2,3)20(22(28)29)25-18-12-8-7-11-16(18)14-17(21(25)27)24-19(26)13-15-9-5-4-6-10-15/h4-12,14,20H,13H2,1-3H3,(H,24,26)(H,28,29). The van der Waals surface area contributed by atoms with E-state index in [1.54, 1.807) is 51.1 Å². The van der Waals surface area contributed by atoms with Gasteiger partial charge in [-0.05, 0) is 23.1 Å². The Kier molecular flexibility index (Phi) is 5.55. The molecule has 1 unspecified atom stereocenters. The van der Waals surface area contributed by atoms with Crippen LogP contribution in [0.15, 0.2) is 65.5 Å². The maximum Gasteiger partial charge on any atom is 0.327 e. The van der Waals surface area contributed by atoms with Crippen LogP contribution in [0.2, 0.25) is 0 Å². The molecule has 3 aromatic rings. The number of anilines is 1. The van der Waals surface area contributed by atoms with Crippen molar-refractivity contribution in [3.8, 4) is 0 Å². The van der Waals surface area contributed by atoms with Crippen molar-refractivity contribution < 1.29 is 14.7 Å². The largest absolute Gasteiger partial charge is 0.480 e. The lowest BCUT2D eigenvalue weighted by atomic mass is 9.86. The Morgan fingerprint density at radius 3 is 2.28 bits per heavy atom. The van der Waals surface area contributed by atoms with Gasteiger partial charge in [-0.2, -0.15) is 0 Å². The van der Waals surface area contributed by atoms with Gasteiger partial charge in [-0.1, -0.05) is 69.3 Å². The second-order valence-corrected chi connectivity index (χ2v) is 8.11. The Bertz CT molecular complexity index is 1110. The van der Waals surface area contributed by atoms with Crippen molar-refractivity contribution in [3.63, 3.8) is 0 Å². The lowest BCUT2D eigenvalue weighted by Crippen LogP contribution is -2.39. The molecular weight excluding hydrogens is 368 g/mol. The van der Waals surface area contributed by atoms with Crippen LogP contribution in [0.3, 0.4) is 0 Å². The first-order chi connectivity index (χ1) is 13.7. The van der Waals surface area contributed by atoms with Crippen molar-refractivity contribution in [1.29, 1.82) is 0 Å². The van der Waals surface area contributed by atoms with E-state index >= 15 is 0 Å². The van der Waals surface area contributed by atoms with Gasteiger partial charge in [0.05, 0.1) is 11.9 Å². The minimum atomic E-state index is -1.10. The molecule has 0 aliphatic rings. The number of nitrogens with zero attached hydrogens (tertiary/aromatic N) is 1. The Hall–Kier alpha value is -3.41. The third-order valence-corrected chi connectivity index (χ3v) is 4.74. The molecule has 0 fully saturated rings. The Morgan fingerprint density at radius 2 is 1.66 bits per heavy atom. The van der Waals surface area contributed by atoms with Gasteiger partial charge in [-0.25, -0.2) is 4.79 Å². The lowest BCUT2D eigenvalue weighted by Gasteiger charge is -2.30. The summed E-state index contributed by atoms with van der Waals surface area (Å²) in [6.45, 7) is 5.31. The fraction of sp³-hybridized carbons (Fsp3) is 0.261. The Balaban J connectivity index is 2.10. The number of amides is 1. The lowest BCUT2D eigenvalue weighted by molar-refractivity contribution is -0.144. The molecule has 29 heavy (non-hydrogen) atoms. The van der Waals surface area contributed by atoms with Crippen LogP contribution >= 0.6 is 0 Å². The average Bonchev–Trinajstić information content (AvgIpc) is 2.64. The Morgan fingerprint density at radius 1 is 1.03 bits per heavy atom. The SMILES string of the molecule is CC(C)(C)C(C(=O)O)n1c(=O)c(NC(=O)Cc2ccccc2)cc2ccccc21. The molecule has 1 heterocycles. The molecule has 0 bridgehead atoms. The van der Waals surface area contributed by atoms with Crippen molar-refractivity contribution in [1.82, 2.24) is 4.57 Å². The maximum absolute atomic E-state index is 13.2. The summed E-state index contributed by atoms with van der Waals surface area (Å²) < 4.78 is 1.27. The molecule has 1 amide bonds. The van der Waals surface area contributed by atoms with Crippen LogP contribution in [0.4, 0.5) is 5.69 Å². The van der Waals surface area contributed by atoms with Crippen molar-refractivity contribution >= 4 is 28.5 Å².